The van der Waals surface area contributed by atoms with E-state index in [-0.39, 0.29) is 17.5 Å². The zero-order valence-electron chi connectivity index (χ0n) is 14.6. The van der Waals surface area contributed by atoms with Gasteiger partial charge in [-0.15, -0.1) is 10.2 Å². The van der Waals surface area contributed by atoms with Crippen LogP contribution in [0.5, 0.6) is 5.75 Å². The lowest BCUT2D eigenvalue weighted by molar-refractivity contribution is -0.131. The summed E-state index contributed by atoms with van der Waals surface area (Å²) in [6, 6.07) is 10.1. The van der Waals surface area contributed by atoms with E-state index in [2.05, 4.69) is 20.2 Å². The Labute approximate surface area is 158 Å². The largest absolute Gasteiger partial charge is 0.425 e. The van der Waals surface area contributed by atoms with Crippen molar-refractivity contribution in [2.75, 3.05) is 5.75 Å². The molecule has 27 heavy (non-hydrogen) atoms. The van der Waals surface area contributed by atoms with Crippen LogP contribution in [0.2, 0.25) is 0 Å². The normalized spacial score (nSPS) is 11.2. The predicted molar refractivity (Wildman–Crippen MR) is 101 cm³/mol. The molecule has 0 unspecified atom stereocenters. The Morgan fingerprint density at radius 3 is 2.74 bits per heavy atom. The summed E-state index contributed by atoms with van der Waals surface area (Å²) in [4.78, 5) is 19.6. The number of hydrogen-bond donors (Lipinski definition) is 1. The number of fused-ring (bicyclic) bond motifs is 3. The Hall–Kier alpha value is -3.00. The number of rotatable bonds is 4. The highest BCUT2D eigenvalue weighted by Gasteiger charge is 2.14. The highest BCUT2D eigenvalue weighted by Crippen LogP contribution is 2.25. The smallest absolute Gasteiger partial charge is 0.321 e. The number of aryl methyl sites for hydroxylation is 2. The molecule has 2 aromatic carbocycles. The number of aromatic nitrogens is 4. The van der Waals surface area contributed by atoms with E-state index in [0.29, 0.717) is 27.5 Å². The summed E-state index contributed by atoms with van der Waals surface area (Å²) in [6.07, 6.45) is 0. The number of H-pyrrole nitrogens is 1. The second-order valence-electron chi connectivity index (χ2n) is 6.09. The Morgan fingerprint density at radius 1 is 1.19 bits per heavy atom. The molecular formula is C19H15FN4O2S. The van der Waals surface area contributed by atoms with Gasteiger partial charge in [0.25, 0.3) is 0 Å². The summed E-state index contributed by atoms with van der Waals surface area (Å²) < 4.78 is 18.9. The number of nitrogens with one attached hydrogen (secondary N) is 1. The van der Waals surface area contributed by atoms with E-state index >= 15 is 0 Å². The van der Waals surface area contributed by atoms with Crippen molar-refractivity contribution in [1.82, 2.24) is 20.2 Å². The minimum absolute atomic E-state index is 0.0514. The van der Waals surface area contributed by atoms with Gasteiger partial charge in [-0.1, -0.05) is 30.0 Å². The third kappa shape index (κ3) is 3.48. The van der Waals surface area contributed by atoms with Crippen LogP contribution in [0.4, 0.5) is 4.39 Å². The number of para-hydroxylation sites is 1. The molecule has 0 atom stereocenters. The lowest BCUT2D eigenvalue weighted by Gasteiger charge is -2.09. The van der Waals surface area contributed by atoms with Crippen molar-refractivity contribution in [2.45, 2.75) is 19.0 Å². The lowest BCUT2D eigenvalue weighted by atomic mass is 10.1. The van der Waals surface area contributed by atoms with Crippen molar-refractivity contribution in [1.29, 1.82) is 0 Å². The average molecular weight is 382 g/mol. The SMILES string of the molecule is Cc1cccc(C)c1OC(=O)CSc1nnc2c(n1)[nH]c1ccc(F)cc12. The van der Waals surface area contributed by atoms with Gasteiger partial charge >= 0.3 is 5.97 Å². The van der Waals surface area contributed by atoms with E-state index in [1.54, 1.807) is 6.07 Å². The number of hydrogen-bond acceptors (Lipinski definition) is 6. The number of carbonyl (C=O) groups excluding carboxylic acids is 1. The third-order valence-electron chi connectivity index (χ3n) is 4.10. The van der Waals surface area contributed by atoms with Crippen LogP contribution in [0.15, 0.2) is 41.6 Å². The van der Waals surface area contributed by atoms with Crippen LogP contribution in [-0.4, -0.2) is 31.9 Å². The van der Waals surface area contributed by atoms with E-state index in [0.717, 1.165) is 28.4 Å². The van der Waals surface area contributed by atoms with E-state index in [9.17, 15) is 9.18 Å². The molecule has 1 N–H and O–H groups in total. The molecule has 0 amide bonds. The van der Waals surface area contributed by atoms with Crippen LogP contribution < -0.4 is 4.74 Å². The van der Waals surface area contributed by atoms with E-state index in [4.69, 9.17) is 4.74 Å². The average Bonchev–Trinajstić information content (AvgIpc) is 3.00. The molecule has 0 aliphatic carbocycles. The summed E-state index contributed by atoms with van der Waals surface area (Å²) in [6.45, 7) is 3.78. The van der Waals surface area contributed by atoms with Gasteiger partial charge in [0.2, 0.25) is 5.16 Å². The van der Waals surface area contributed by atoms with Crippen molar-refractivity contribution < 1.29 is 13.9 Å². The number of halogens is 1. The Balaban J connectivity index is 1.50. The quantitative estimate of drug-likeness (QED) is 0.327. The number of esters is 1. The standard InChI is InChI=1S/C19H15FN4O2S/c1-10-4-3-5-11(2)17(10)26-15(25)9-27-19-22-18-16(23-24-19)13-8-12(20)6-7-14(13)21-18/h3-8H,9H2,1-2H3,(H,21,22,24). The number of benzene rings is 2. The molecular weight excluding hydrogens is 367 g/mol. The monoisotopic (exact) mass is 382 g/mol. The second kappa shape index (κ2) is 6.96. The van der Waals surface area contributed by atoms with Gasteiger partial charge in [-0.2, -0.15) is 0 Å². The topological polar surface area (TPSA) is 80.8 Å². The summed E-state index contributed by atoms with van der Waals surface area (Å²) in [5.74, 6) is -0.108. The molecule has 136 valence electrons. The van der Waals surface area contributed by atoms with Crippen molar-refractivity contribution in [3.63, 3.8) is 0 Å². The van der Waals surface area contributed by atoms with Gasteiger partial charge < -0.3 is 9.72 Å². The van der Waals surface area contributed by atoms with Gasteiger partial charge in [-0.25, -0.2) is 9.37 Å². The van der Waals surface area contributed by atoms with Crippen LogP contribution in [0.3, 0.4) is 0 Å². The molecule has 4 aromatic rings. The van der Waals surface area contributed by atoms with Crippen molar-refractivity contribution in [3.05, 3.63) is 53.3 Å². The van der Waals surface area contributed by atoms with E-state index in [1.807, 2.05) is 32.0 Å². The van der Waals surface area contributed by atoms with Gasteiger partial charge in [-0.05, 0) is 43.2 Å². The predicted octanol–water partition coefficient (Wildman–Crippen LogP) is 3.96. The Kier molecular flexibility index (Phi) is 4.49. The summed E-state index contributed by atoms with van der Waals surface area (Å²) in [5.41, 5.74) is 3.52. The first-order valence-electron chi connectivity index (χ1n) is 8.22. The molecule has 0 aliphatic heterocycles. The zero-order chi connectivity index (χ0) is 19.0. The van der Waals surface area contributed by atoms with E-state index in [1.165, 1.54) is 12.1 Å². The molecule has 2 aromatic heterocycles. The van der Waals surface area contributed by atoms with Crippen LogP contribution in [0.25, 0.3) is 22.1 Å². The number of thioether (sulfide) groups is 1. The summed E-state index contributed by atoms with van der Waals surface area (Å²) in [5, 5.41) is 9.10. The first-order chi connectivity index (χ1) is 13.0. The second-order valence-corrected chi connectivity index (χ2v) is 7.03. The number of carbonyl (C=O) groups is 1. The van der Waals surface area contributed by atoms with Gasteiger partial charge in [0.1, 0.15) is 17.1 Å². The fraction of sp³-hybridized carbons (Fsp3) is 0.158. The van der Waals surface area contributed by atoms with Gasteiger partial charge in [0.15, 0.2) is 5.65 Å². The fourth-order valence-corrected chi connectivity index (χ4v) is 3.38. The Morgan fingerprint density at radius 2 is 1.96 bits per heavy atom. The molecule has 0 aliphatic rings. The third-order valence-corrected chi connectivity index (χ3v) is 4.91. The molecule has 0 saturated carbocycles. The van der Waals surface area contributed by atoms with Gasteiger partial charge in [0, 0.05) is 10.9 Å². The molecule has 8 heteroatoms. The highest BCUT2D eigenvalue weighted by molar-refractivity contribution is 7.99. The Bertz CT molecular complexity index is 1160. The lowest BCUT2D eigenvalue weighted by Crippen LogP contribution is -2.12. The van der Waals surface area contributed by atoms with Crippen LogP contribution in [-0.2, 0) is 4.79 Å². The maximum atomic E-state index is 13.4. The minimum atomic E-state index is -0.389. The van der Waals surface area contributed by atoms with Crippen LogP contribution in [0.1, 0.15) is 11.1 Å². The molecule has 0 fully saturated rings. The molecule has 2 heterocycles. The van der Waals surface area contributed by atoms with Gasteiger partial charge in [-0.3, -0.25) is 4.79 Å². The molecule has 0 radical (unpaired) electrons. The van der Waals surface area contributed by atoms with Crippen molar-refractivity contribution >= 4 is 39.8 Å². The summed E-state index contributed by atoms with van der Waals surface area (Å²) in [7, 11) is 0. The van der Waals surface area contributed by atoms with E-state index < -0.39 is 0 Å². The highest BCUT2D eigenvalue weighted by atomic mass is 32.2. The molecule has 6 nitrogen and oxygen atoms in total. The maximum Gasteiger partial charge on any atom is 0.321 e. The number of ether oxygens (including phenoxy) is 1. The molecule has 4 rings (SSSR count). The maximum absolute atomic E-state index is 13.4. The first-order valence-corrected chi connectivity index (χ1v) is 9.21. The molecule has 0 spiro atoms. The van der Waals surface area contributed by atoms with Crippen molar-refractivity contribution in [3.8, 4) is 5.75 Å². The molecule has 0 bridgehead atoms. The summed E-state index contributed by atoms with van der Waals surface area (Å²) >= 11 is 1.13. The fourth-order valence-electron chi connectivity index (χ4n) is 2.82. The zero-order valence-corrected chi connectivity index (χ0v) is 15.4. The van der Waals surface area contributed by atoms with Crippen LogP contribution >= 0.6 is 11.8 Å². The minimum Gasteiger partial charge on any atom is -0.425 e. The first kappa shape index (κ1) is 17.4. The van der Waals surface area contributed by atoms with Crippen molar-refractivity contribution in [2.24, 2.45) is 0 Å². The number of nitrogens with zero attached hydrogens (tertiary/aromatic N) is 3. The molecule has 0 saturated heterocycles. The van der Waals surface area contributed by atoms with Gasteiger partial charge in [0.05, 0.1) is 5.75 Å². The van der Waals surface area contributed by atoms with Crippen LogP contribution in [0, 0.1) is 19.7 Å². The number of aromatic amines is 1.